The number of carboxylic acid groups (broad SMARTS) is 1. The van der Waals surface area contributed by atoms with Crippen molar-refractivity contribution in [3.63, 3.8) is 0 Å². The Labute approximate surface area is 218 Å². The highest BCUT2D eigenvalue weighted by Gasteiger charge is 2.45. The van der Waals surface area contributed by atoms with Crippen molar-refractivity contribution in [1.29, 1.82) is 0 Å². The first-order valence-corrected chi connectivity index (χ1v) is 12.4. The molecule has 1 atom stereocenters. The van der Waals surface area contributed by atoms with Crippen LogP contribution in [0.15, 0.2) is 18.2 Å². The smallest absolute Gasteiger partial charge is 0.305 e. The zero-order valence-corrected chi connectivity index (χ0v) is 20.9. The third-order valence-electron chi connectivity index (χ3n) is 5.91. The maximum absolute atomic E-state index is 13.0. The molecule has 13 heteroatoms. The molecule has 0 aliphatic carbocycles. The number of ether oxygens (including phenoxy) is 3. The normalized spacial score (nSPS) is 16.8. The molecule has 1 saturated heterocycles. The minimum atomic E-state index is -1.02. The molecule has 2 aliphatic heterocycles. The molecule has 1 aromatic carbocycles. The van der Waals surface area contributed by atoms with Gasteiger partial charge in [-0.3, -0.25) is 39.0 Å². The van der Waals surface area contributed by atoms with Crippen LogP contribution in [0, 0.1) is 0 Å². The van der Waals surface area contributed by atoms with Crippen molar-refractivity contribution in [2.45, 2.75) is 44.6 Å². The molecule has 0 spiro atoms. The molecule has 4 amide bonds. The van der Waals surface area contributed by atoms with Gasteiger partial charge in [-0.05, 0) is 31.4 Å². The van der Waals surface area contributed by atoms with E-state index in [2.05, 4.69) is 10.6 Å². The Kier molecular flexibility index (Phi) is 10.7. The maximum atomic E-state index is 13.0. The molecule has 1 fully saturated rings. The van der Waals surface area contributed by atoms with Gasteiger partial charge in [-0.15, -0.1) is 0 Å². The van der Waals surface area contributed by atoms with Gasteiger partial charge in [0, 0.05) is 31.5 Å². The van der Waals surface area contributed by atoms with E-state index in [0.29, 0.717) is 31.7 Å². The number of carbonyl (C=O) groups excluding carboxylic acids is 5. The predicted octanol–water partition coefficient (Wildman–Crippen LogP) is 0.721. The van der Waals surface area contributed by atoms with Crippen LogP contribution >= 0.6 is 0 Å². The Balaban J connectivity index is 1.31. The summed E-state index contributed by atoms with van der Waals surface area (Å²) in [6, 6.07) is 3.80. The standard InChI is InChI=1S/C25H31N3O10/c29-19-9-8-18(23(33)27-19)28-24(34)16-4-3-5-17(22(16)25(28)35)26-10-11-36-12-13-37-14-15-38-21(32)7-2-1-6-20(30)31/h3-5,18,26H,1-2,6-15H2,(H,30,31)(H,27,29,33). The second-order valence-corrected chi connectivity index (χ2v) is 8.65. The molecular weight excluding hydrogens is 502 g/mol. The number of amides is 4. The fourth-order valence-corrected chi connectivity index (χ4v) is 4.07. The van der Waals surface area contributed by atoms with Crippen LogP contribution in [0.5, 0.6) is 0 Å². The SMILES string of the molecule is O=C(O)CCCCC(=O)OCCOCCOCCNc1cccc2c1C(=O)N(C1CCC(=O)NC1=O)C2=O. The summed E-state index contributed by atoms with van der Waals surface area (Å²) in [5.41, 5.74) is 0.821. The van der Waals surface area contributed by atoms with Crippen LogP contribution in [0.2, 0.25) is 0 Å². The molecule has 206 valence electrons. The van der Waals surface area contributed by atoms with Crippen molar-refractivity contribution >= 4 is 41.3 Å². The van der Waals surface area contributed by atoms with Gasteiger partial charge in [0.2, 0.25) is 11.8 Å². The molecule has 0 aromatic heterocycles. The van der Waals surface area contributed by atoms with Gasteiger partial charge in [-0.2, -0.15) is 0 Å². The monoisotopic (exact) mass is 533 g/mol. The number of carboxylic acids is 1. The summed E-state index contributed by atoms with van der Waals surface area (Å²) in [7, 11) is 0. The molecule has 1 aromatic rings. The van der Waals surface area contributed by atoms with E-state index in [1.54, 1.807) is 12.1 Å². The average Bonchev–Trinajstić information content (AvgIpc) is 3.13. The van der Waals surface area contributed by atoms with Gasteiger partial charge < -0.3 is 24.6 Å². The highest BCUT2D eigenvalue weighted by atomic mass is 16.6. The molecule has 0 radical (unpaired) electrons. The Hall–Kier alpha value is -3.84. The summed E-state index contributed by atoms with van der Waals surface area (Å²) in [5, 5.41) is 13.8. The minimum Gasteiger partial charge on any atom is -0.481 e. The Morgan fingerprint density at radius 3 is 2.42 bits per heavy atom. The number of piperidine rings is 1. The highest BCUT2D eigenvalue weighted by Crippen LogP contribution is 2.32. The first-order valence-electron chi connectivity index (χ1n) is 12.4. The summed E-state index contributed by atoms with van der Waals surface area (Å²) < 4.78 is 15.8. The third-order valence-corrected chi connectivity index (χ3v) is 5.91. The molecule has 3 rings (SSSR count). The van der Waals surface area contributed by atoms with Gasteiger partial charge in [0.1, 0.15) is 12.6 Å². The second-order valence-electron chi connectivity index (χ2n) is 8.65. The zero-order chi connectivity index (χ0) is 27.5. The Morgan fingerprint density at radius 1 is 0.974 bits per heavy atom. The number of anilines is 1. The molecule has 2 aliphatic rings. The van der Waals surface area contributed by atoms with Crippen LogP contribution in [0.25, 0.3) is 0 Å². The number of aliphatic carboxylic acids is 1. The quantitative estimate of drug-likeness (QED) is 0.155. The van der Waals surface area contributed by atoms with E-state index in [1.807, 2.05) is 0 Å². The molecule has 0 bridgehead atoms. The fraction of sp³-hybridized carbons (Fsp3) is 0.520. The van der Waals surface area contributed by atoms with E-state index in [4.69, 9.17) is 19.3 Å². The lowest BCUT2D eigenvalue weighted by molar-refractivity contribution is -0.146. The van der Waals surface area contributed by atoms with Crippen molar-refractivity contribution in [2.24, 2.45) is 0 Å². The van der Waals surface area contributed by atoms with E-state index in [9.17, 15) is 28.8 Å². The topological polar surface area (TPSA) is 178 Å². The second kappa shape index (κ2) is 14.2. The summed E-state index contributed by atoms with van der Waals surface area (Å²) >= 11 is 0. The third kappa shape index (κ3) is 7.83. The van der Waals surface area contributed by atoms with E-state index >= 15 is 0 Å². The van der Waals surface area contributed by atoms with E-state index in [1.165, 1.54) is 6.07 Å². The van der Waals surface area contributed by atoms with Crippen molar-refractivity contribution in [3.8, 4) is 0 Å². The Bertz CT molecular complexity index is 1070. The van der Waals surface area contributed by atoms with Crippen molar-refractivity contribution in [1.82, 2.24) is 10.2 Å². The van der Waals surface area contributed by atoms with Gasteiger partial charge in [0.05, 0.1) is 37.6 Å². The minimum absolute atomic E-state index is 0.0282. The van der Waals surface area contributed by atoms with Crippen molar-refractivity contribution in [3.05, 3.63) is 29.3 Å². The molecule has 13 nitrogen and oxygen atoms in total. The maximum Gasteiger partial charge on any atom is 0.305 e. The van der Waals surface area contributed by atoms with Gasteiger partial charge in [-0.25, -0.2) is 0 Å². The summed E-state index contributed by atoms with van der Waals surface area (Å²) in [6.45, 7) is 1.51. The van der Waals surface area contributed by atoms with E-state index < -0.39 is 41.6 Å². The number of nitrogens with zero attached hydrogens (tertiary/aromatic N) is 1. The van der Waals surface area contributed by atoms with Gasteiger partial charge in [-0.1, -0.05) is 6.07 Å². The van der Waals surface area contributed by atoms with E-state index in [0.717, 1.165) is 4.90 Å². The van der Waals surface area contributed by atoms with Crippen LogP contribution in [-0.4, -0.2) is 91.2 Å². The average molecular weight is 534 g/mol. The van der Waals surface area contributed by atoms with E-state index in [-0.39, 0.29) is 63.2 Å². The molecule has 1 unspecified atom stereocenters. The number of imide groups is 2. The lowest BCUT2D eigenvalue weighted by atomic mass is 10.0. The molecule has 2 heterocycles. The zero-order valence-electron chi connectivity index (χ0n) is 20.9. The number of rotatable bonds is 16. The molecular formula is C25H31N3O10. The Morgan fingerprint density at radius 2 is 1.68 bits per heavy atom. The van der Waals surface area contributed by atoms with Gasteiger partial charge in [0.15, 0.2) is 0 Å². The lowest BCUT2D eigenvalue weighted by Gasteiger charge is -2.27. The van der Waals surface area contributed by atoms with Crippen molar-refractivity contribution in [2.75, 3.05) is 44.9 Å². The number of benzene rings is 1. The first-order chi connectivity index (χ1) is 18.3. The predicted molar refractivity (Wildman–Crippen MR) is 130 cm³/mol. The first kappa shape index (κ1) is 28.7. The number of carbonyl (C=O) groups is 6. The summed E-state index contributed by atoms with van der Waals surface area (Å²) in [5.74, 6) is -3.53. The van der Waals surface area contributed by atoms with Crippen LogP contribution in [-0.2, 0) is 33.4 Å². The molecule has 0 saturated carbocycles. The van der Waals surface area contributed by atoms with Crippen LogP contribution in [0.1, 0.15) is 59.2 Å². The van der Waals surface area contributed by atoms with Gasteiger partial charge >= 0.3 is 11.9 Å². The molecule has 38 heavy (non-hydrogen) atoms. The van der Waals surface area contributed by atoms with Crippen molar-refractivity contribution < 1.29 is 48.1 Å². The fourth-order valence-electron chi connectivity index (χ4n) is 4.07. The number of hydrogen-bond acceptors (Lipinski definition) is 10. The lowest BCUT2D eigenvalue weighted by Crippen LogP contribution is -2.54. The highest BCUT2D eigenvalue weighted by molar-refractivity contribution is 6.25. The summed E-state index contributed by atoms with van der Waals surface area (Å²) in [4.78, 5) is 72.4. The number of hydrogen-bond donors (Lipinski definition) is 3. The van der Waals surface area contributed by atoms with Crippen LogP contribution < -0.4 is 10.6 Å². The number of unbranched alkanes of at least 4 members (excludes halogenated alkanes) is 1. The number of esters is 1. The number of fused-ring (bicyclic) bond motifs is 1. The molecule has 3 N–H and O–H groups in total. The van der Waals surface area contributed by atoms with Gasteiger partial charge in [0.25, 0.3) is 11.8 Å². The number of nitrogens with one attached hydrogen (secondary N) is 2. The van der Waals surface area contributed by atoms with Crippen LogP contribution in [0.4, 0.5) is 5.69 Å². The van der Waals surface area contributed by atoms with Crippen LogP contribution in [0.3, 0.4) is 0 Å². The summed E-state index contributed by atoms with van der Waals surface area (Å²) in [6.07, 6.45) is 1.23. The largest absolute Gasteiger partial charge is 0.481 e.